The van der Waals surface area contributed by atoms with E-state index in [1.807, 2.05) is 19.1 Å². The lowest BCUT2D eigenvalue weighted by Gasteiger charge is -1.95. The molecule has 102 valence electrons. The van der Waals surface area contributed by atoms with Crippen LogP contribution < -0.4 is 0 Å². The van der Waals surface area contributed by atoms with Gasteiger partial charge in [0.2, 0.25) is 0 Å². The Hall–Kier alpha value is -1.48. The number of aliphatic hydroxyl groups is 1. The van der Waals surface area contributed by atoms with Crippen LogP contribution in [0.2, 0.25) is 0 Å². The van der Waals surface area contributed by atoms with Crippen molar-refractivity contribution in [3.63, 3.8) is 0 Å². The van der Waals surface area contributed by atoms with Gasteiger partial charge in [-0.3, -0.25) is 0 Å². The molecule has 1 fully saturated rings. The van der Waals surface area contributed by atoms with E-state index in [2.05, 4.69) is 30.3 Å². The number of epoxide rings is 1. The minimum Gasteiger partial charge on any atom is -0.377 e. The molecule has 0 aliphatic carbocycles. The molecule has 0 aromatic heterocycles. The second-order valence-electron chi connectivity index (χ2n) is 4.60. The first-order valence-corrected chi connectivity index (χ1v) is 6.86. The molecule has 2 nitrogen and oxygen atoms in total. The van der Waals surface area contributed by atoms with Gasteiger partial charge in [0.15, 0.2) is 0 Å². The zero-order valence-electron chi connectivity index (χ0n) is 11.6. The first-order valence-electron chi connectivity index (χ1n) is 6.86. The Morgan fingerprint density at radius 3 is 2.68 bits per heavy atom. The summed E-state index contributed by atoms with van der Waals surface area (Å²) in [7, 11) is 0. The molecule has 0 unspecified atom stereocenters. The molecule has 0 bridgehead atoms. The molecule has 1 aliphatic heterocycles. The normalized spacial score (nSPS) is 22.0. The lowest BCUT2D eigenvalue weighted by molar-refractivity contribution is 0.280. The highest BCUT2D eigenvalue weighted by atomic mass is 16.6. The largest absolute Gasteiger partial charge is 0.377 e. The van der Waals surface area contributed by atoms with Crippen molar-refractivity contribution in [2.45, 2.75) is 57.3 Å². The molecule has 0 amide bonds. The fourth-order valence-electron chi connectivity index (χ4n) is 1.56. The summed E-state index contributed by atoms with van der Waals surface area (Å²) in [5.41, 5.74) is 0. The SMILES string of the molecule is C=CCCCCC/C=C\[C@@H](O)C#CC#C[C@@H]1O[C@@H]1C. The molecule has 1 saturated heterocycles. The van der Waals surface area contributed by atoms with Crippen LogP contribution in [0.15, 0.2) is 24.8 Å². The molecule has 1 rings (SSSR count). The maximum atomic E-state index is 9.55. The van der Waals surface area contributed by atoms with E-state index in [1.165, 1.54) is 12.8 Å². The monoisotopic (exact) mass is 258 g/mol. The molecule has 1 aliphatic rings. The van der Waals surface area contributed by atoms with Crippen LogP contribution in [0.3, 0.4) is 0 Å². The van der Waals surface area contributed by atoms with Crippen molar-refractivity contribution in [1.82, 2.24) is 0 Å². The van der Waals surface area contributed by atoms with Crippen molar-refractivity contribution < 1.29 is 9.84 Å². The molecule has 2 heteroatoms. The molecule has 3 atom stereocenters. The molecule has 1 heterocycles. The van der Waals surface area contributed by atoms with E-state index in [0.717, 1.165) is 19.3 Å². The van der Waals surface area contributed by atoms with Gasteiger partial charge in [0.05, 0.1) is 6.10 Å². The van der Waals surface area contributed by atoms with Gasteiger partial charge in [-0.1, -0.05) is 30.4 Å². The minimum atomic E-state index is -0.722. The fourth-order valence-corrected chi connectivity index (χ4v) is 1.56. The van der Waals surface area contributed by atoms with E-state index in [-0.39, 0.29) is 12.2 Å². The summed E-state index contributed by atoms with van der Waals surface area (Å²) in [6.45, 7) is 5.66. The van der Waals surface area contributed by atoms with Gasteiger partial charge in [0.25, 0.3) is 0 Å². The smallest absolute Gasteiger partial charge is 0.145 e. The fraction of sp³-hybridized carbons (Fsp3) is 0.529. The highest BCUT2D eigenvalue weighted by Gasteiger charge is 2.31. The van der Waals surface area contributed by atoms with E-state index >= 15 is 0 Å². The second-order valence-corrected chi connectivity index (χ2v) is 4.60. The van der Waals surface area contributed by atoms with Crippen LogP contribution in [-0.2, 0) is 4.74 Å². The molecule has 1 N–H and O–H groups in total. The standard InChI is InChI=1S/C17H22O2/c1-3-4-5-6-7-8-9-12-16(18)13-10-11-14-17-15(2)19-17/h3,9,12,15-18H,1,4-8H2,2H3/b12-9-/t15-,16-,17+/m1/s1. The first-order chi connectivity index (χ1) is 9.24. The van der Waals surface area contributed by atoms with Gasteiger partial charge in [-0.25, -0.2) is 0 Å². The number of aliphatic hydroxyl groups excluding tert-OH is 1. The second kappa shape index (κ2) is 9.45. The predicted molar refractivity (Wildman–Crippen MR) is 78.3 cm³/mol. The highest BCUT2D eigenvalue weighted by molar-refractivity contribution is 5.31. The zero-order chi connectivity index (χ0) is 13.9. The summed E-state index contributed by atoms with van der Waals surface area (Å²) in [4.78, 5) is 0. The lowest BCUT2D eigenvalue weighted by Crippen LogP contribution is -1.96. The van der Waals surface area contributed by atoms with Gasteiger partial charge in [0, 0.05) is 0 Å². The molecule has 0 saturated carbocycles. The van der Waals surface area contributed by atoms with Crippen molar-refractivity contribution >= 4 is 0 Å². The zero-order valence-corrected chi connectivity index (χ0v) is 11.6. The van der Waals surface area contributed by atoms with Gasteiger partial charge < -0.3 is 9.84 Å². The third-order valence-corrected chi connectivity index (χ3v) is 2.81. The highest BCUT2D eigenvalue weighted by Crippen LogP contribution is 2.18. The molecule has 19 heavy (non-hydrogen) atoms. The van der Waals surface area contributed by atoms with Crippen molar-refractivity contribution in [2.24, 2.45) is 0 Å². The molecular weight excluding hydrogens is 236 g/mol. The summed E-state index contributed by atoms with van der Waals surface area (Å²) in [6, 6.07) is 0. The molecular formula is C17H22O2. The van der Waals surface area contributed by atoms with Gasteiger partial charge in [-0.15, -0.1) is 6.58 Å². The quantitative estimate of drug-likeness (QED) is 0.330. The van der Waals surface area contributed by atoms with Crippen LogP contribution in [0.4, 0.5) is 0 Å². The summed E-state index contributed by atoms with van der Waals surface area (Å²) >= 11 is 0. The predicted octanol–water partition coefficient (Wildman–Crippen LogP) is 2.83. The van der Waals surface area contributed by atoms with Gasteiger partial charge in [-0.05, 0) is 50.5 Å². The van der Waals surface area contributed by atoms with Crippen molar-refractivity contribution in [1.29, 1.82) is 0 Å². The van der Waals surface area contributed by atoms with E-state index < -0.39 is 6.10 Å². The summed E-state index contributed by atoms with van der Waals surface area (Å²) < 4.78 is 5.12. The number of hydrogen-bond donors (Lipinski definition) is 1. The van der Waals surface area contributed by atoms with Crippen LogP contribution in [0, 0.1) is 23.7 Å². The van der Waals surface area contributed by atoms with Gasteiger partial charge >= 0.3 is 0 Å². The number of allylic oxidation sites excluding steroid dienone is 2. The van der Waals surface area contributed by atoms with Crippen LogP contribution in [0.1, 0.15) is 39.0 Å². The lowest BCUT2D eigenvalue weighted by atomic mass is 10.1. The van der Waals surface area contributed by atoms with Gasteiger partial charge in [-0.2, -0.15) is 0 Å². The maximum absolute atomic E-state index is 9.55. The number of unbranched alkanes of at least 4 members (excludes halogenated alkanes) is 4. The number of ether oxygens (including phenoxy) is 1. The topological polar surface area (TPSA) is 32.8 Å². The van der Waals surface area contributed by atoms with E-state index in [1.54, 1.807) is 6.08 Å². The van der Waals surface area contributed by atoms with E-state index in [9.17, 15) is 5.11 Å². The Bertz CT molecular complexity index is 414. The van der Waals surface area contributed by atoms with Crippen LogP contribution in [0.5, 0.6) is 0 Å². The Morgan fingerprint density at radius 2 is 2.00 bits per heavy atom. The van der Waals surface area contributed by atoms with Gasteiger partial charge in [0.1, 0.15) is 12.2 Å². The van der Waals surface area contributed by atoms with E-state index in [4.69, 9.17) is 4.74 Å². The third-order valence-electron chi connectivity index (χ3n) is 2.81. The van der Waals surface area contributed by atoms with Crippen molar-refractivity contribution in [3.05, 3.63) is 24.8 Å². The molecule has 0 aromatic carbocycles. The molecule has 0 radical (unpaired) electrons. The van der Waals surface area contributed by atoms with Crippen molar-refractivity contribution in [3.8, 4) is 23.7 Å². The minimum absolute atomic E-state index is 0.0394. The average Bonchev–Trinajstić information content (AvgIpc) is 3.09. The van der Waals surface area contributed by atoms with Crippen LogP contribution in [-0.4, -0.2) is 23.4 Å². The number of hydrogen-bond acceptors (Lipinski definition) is 2. The number of rotatable bonds is 7. The Kier molecular flexibility index (Phi) is 7.75. The first kappa shape index (κ1) is 15.6. The molecule has 0 spiro atoms. The summed E-state index contributed by atoms with van der Waals surface area (Å²) in [6.07, 6.45) is 10.8. The van der Waals surface area contributed by atoms with Crippen LogP contribution in [0.25, 0.3) is 0 Å². The summed E-state index contributed by atoms with van der Waals surface area (Å²) in [5.74, 6) is 10.9. The third kappa shape index (κ3) is 8.27. The van der Waals surface area contributed by atoms with Crippen molar-refractivity contribution in [2.75, 3.05) is 0 Å². The Balaban J connectivity index is 2.08. The van der Waals surface area contributed by atoms with E-state index in [0.29, 0.717) is 0 Å². The maximum Gasteiger partial charge on any atom is 0.145 e. The summed E-state index contributed by atoms with van der Waals surface area (Å²) in [5, 5.41) is 9.55. The Morgan fingerprint density at radius 1 is 1.26 bits per heavy atom. The average molecular weight is 258 g/mol. The molecule has 0 aromatic rings. The Labute approximate surface area is 116 Å². The van der Waals surface area contributed by atoms with Crippen LogP contribution >= 0.6 is 0 Å².